The molecule has 0 saturated carbocycles. The molecule has 0 spiro atoms. The van der Waals surface area contributed by atoms with E-state index < -0.39 is 4.92 Å². The monoisotopic (exact) mass is 273 g/mol. The first kappa shape index (κ1) is 13.1. The van der Waals surface area contributed by atoms with Crippen molar-refractivity contribution in [3.05, 3.63) is 56.3 Å². The SMILES string of the molecule is CC(Nc1ccc([N+](=O)[O-])c(C#N)c1)c1cccs1. The van der Waals surface area contributed by atoms with Crippen LogP contribution in [0.15, 0.2) is 35.7 Å². The van der Waals surface area contributed by atoms with Gasteiger partial charge in [0.25, 0.3) is 5.69 Å². The van der Waals surface area contributed by atoms with Crippen molar-refractivity contribution in [2.75, 3.05) is 5.32 Å². The Bertz CT molecular complexity index is 632. The molecule has 1 heterocycles. The van der Waals surface area contributed by atoms with Gasteiger partial charge >= 0.3 is 0 Å². The number of benzene rings is 1. The van der Waals surface area contributed by atoms with Crippen LogP contribution in [0.1, 0.15) is 23.4 Å². The summed E-state index contributed by atoms with van der Waals surface area (Å²) in [5.41, 5.74) is 0.591. The third-order valence-corrected chi connectivity index (χ3v) is 3.72. The van der Waals surface area contributed by atoms with Gasteiger partial charge in [-0.15, -0.1) is 11.3 Å². The van der Waals surface area contributed by atoms with Gasteiger partial charge in [-0.25, -0.2) is 0 Å². The molecule has 2 rings (SSSR count). The second kappa shape index (κ2) is 5.50. The minimum Gasteiger partial charge on any atom is -0.378 e. The van der Waals surface area contributed by atoms with Crippen molar-refractivity contribution in [3.8, 4) is 6.07 Å². The normalized spacial score (nSPS) is 11.6. The van der Waals surface area contributed by atoms with E-state index in [4.69, 9.17) is 5.26 Å². The van der Waals surface area contributed by atoms with Gasteiger partial charge in [0.15, 0.2) is 0 Å². The Morgan fingerprint density at radius 1 is 1.47 bits per heavy atom. The molecule has 19 heavy (non-hydrogen) atoms. The lowest BCUT2D eigenvalue weighted by atomic mass is 10.1. The lowest BCUT2D eigenvalue weighted by Gasteiger charge is -2.13. The van der Waals surface area contributed by atoms with Crippen molar-refractivity contribution in [3.63, 3.8) is 0 Å². The molecule has 0 aliphatic carbocycles. The molecule has 0 fully saturated rings. The Balaban J connectivity index is 2.23. The molecule has 0 bridgehead atoms. The molecular weight excluding hydrogens is 262 g/mol. The second-order valence-corrected chi connectivity index (χ2v) is 4.96. The maximum absolute atomic E-state index is 10.7. The van der Waals surface area contributed by atoms with Gasteiger partial charge in [-0.2, -0.15) is 5.26 Å². The van der Waals surface area contributed by atoms with Crippen molar-refractivity contribution < 1.29 is 4.92 Å². The largest absolute Gasteiger partial charge is 0.378 e. The molecule has 0 amide bonds. The molecule has 1 atom stereocenters. The first-order valence-electron chi connectivity index (χ1n) is 5.60. The third-order valence-electron chi connectivity index (χ3n) is 2.67. The summed E-state index contributed by atoms with van der Waals surface area (Å²) in [7, 11) is 0. The van der Waals surface area contributed by atoms with E-state index in [1.165, 1.54) is 12.1 Å². The summed E-state index contributed by atoms with van der Waals surface area (Å²) in [6.07, 6.45) is 0. The minimum absolute atomic E-state index is 0.0633. The topological polar surface area (TPSA) is 79.0 Å². The van der Waals surface area contributed by atoms with E-state index in [-0.39, 0.29) is 17.3 Å². The number of rotatable bonds is 4. The molecule has 0 saturated heterocycles. The zero-order valence-corrected chi connectivity index (χ0v) is 11.0. The summed E-state index contributed by atoms with van der Waals surface area (Å²) >= 11 is 1.63. The van der Waals surface area contributed by atoms with Crippen molar-refractivity contribution in [2.24, 2.45) is 0 Å². The Morgan fingerprint density at radius 2 is 2.26 bits per heavy atom. The van der Waals surface area contributed by atoms with Gasteiger partial charge in [-0.3, -0.25) is 10.1 Å². The van der Waals surface area contributed by atoms with E-state index >= 15 is 0 Å². The zero-order valence-electron chi connectivity index (χ0n) is 10.2. The van der Waals surface area contributed by atoms with Crippen LogP contribution in [-0.2, 0) is 0 Å². The zero-order chi connectivity index (χ0) is 13.8. The first-order chi connectivity index (χ1) is 9.11. The molecule has 1 unspecified atom stereocenters. The second-order valence-electron chi connectivity index (χ2n) is 3.98. The molecule has 0 aliphatic heterocycles. The molecule has 1 aromatic carbocycles. The Labute approximate surface area is 114 Å². The number of hydrogen-bond donors (Lipinski definition) is 1. The van der Waals surface area contributed by atoms with Crippen LogP contribution in [0.4, 0.5) is 11.4 Å². The average Bonchev–Trinajstić information content (AvgIpc) is 2.92. The molecule has 6 heteroatoms. The fourth-order valence-electron chi connectivity index (χ4n) is 1.73. The summed E-state index contributed by atoms with van der Waals surface area (Å²) in [5.74, 6) is 0. The van der Waals surface area contributed by atoms with Crippen molar-refractivity contribution >= 4 is 22.7 Å². The van der Waals surface area contributed by atoms with Crippen LogP contribution in [0, 0.1) is 21.4 Å². The van der Waals surface area contributed by atoms with E-state index in [0.717, 1.165) is 4.88 Å². The van der Waals surface area contributed by atoms with E-state index in [2.05, 4.69) is 5.32 Å². The molecule has 2 aromatic rings. The van der Waals surface area contributed by atoms with Crippen LogP contribution in [0.3, 0.4) is 0 Å². The van der Waals surface area contributed by atoms with E-state index in [1.807, 2.05) is 30.5 Å². The summed E-state index contributed by atoms with van der Waals surface area (Å²) in [6, 6.07) is 10.4. The van der Waals surface area contributed by atoms with Crippen LogP contribution in [0.2, 0.25) is 0 Å². The number of thiophene rings is 1. The van der Waals surface area contributed by atoms with Crippen molar-refractivity contribution in [2.45, 2.75) is 13.0 Å². The molecule has 1 aromatic heterocycles. The summed E-state index contributed by atoms with van der Waals surface area (Å²) in [4.78, 5) is 11.3. The Hall–Kier alpha value is -2.39. The van der Waals surface area contributed by atoms with Gasteiger partial charge in [-0.1, -0.05) is 6.07 Å². The van der Waals surface area contributed by atoms with E-state index in [9.17, 15) is 10.1 Å². The van der Waals surface area contributed by atoms with Crippen LogP contribution in [-0.4, -0.2) is 4.92 Å². The fourth-order valence-corrected chi connectivity index (χ4v) is 2.47. The standard InChI is InChI=1S/C13H11N3O2S/c1-9(13-3-2-6-19-13)15-11-4-5-12(16(17)18)10(7-11)8-14/h2-7,9,15H,1H3. The highest BCUT2D eigenvalue weighted by molar-refractivity contribution is 7.10. The van der Waals surface area contributed by atoms with Crippen LogP contribution in [0.5, 0.6) is 0 Å². The summed E-state index contributed by atoms with van der Waals surface area (Å²) in [6.45, 7) is 2.00. The van der Waals surface area contributed by atoms with Crippen molar-refractivity contribution in [1.82, 2.24) is 0 Å². The average molecular weight is 273 g/mol. The molecule has 1 N–H and O–H groups in total. The molecule has 5 nitrogen and oxygen atoms in total. The number of anilines is 1. The smallest absolute Gasteiger partial charge is 0.287 e. The molecule has 0 radical (unpaired) electrons. The molecule has 96 valence electrons. The maximum Gasteiger partial charge on any atom is 0.287 e. The van der Waals surface area contributed by atoms with Crippen molar-refractivity contribution in [1.29, 1.82) is 5.26 Å². The first-order valence-corrected chi connectivity index (χ1v) is 6.48. The van der Waals surface area contributed by atoms with Gasteiger partial charge in [-0.05, 0) is 30.5 Å². The quantitative estimate of drug-likeness (QED) is 0.680. The van der Waals surface area contributed by atoms with Gasteiger partial charge in [0.2, 0.25) is 0 Å². The number of nitro benzene ring substituents is 1. The maximum atomic E-state index is 10.7. The van der Waals surface area contributed by atoms with Gasteiger partial charge in [0.05, 0.1) is 11.0 Å². The predicted octanol–water partition coefficient (Wildman–Crippen LogP) is 3.70. The highest BCUT2D eigenvalue weighted by Crippen LogP contribution is 2.26. The number of hydrogen-bond acceptors (Lipinski definition) is 5. The number of nitro groups is 1. The van der Waals surface area contributed by atoms with Gasteiger partial charge in [0, 0.05) is 16.6 Å². The van der Waals surface area contributed by atoms with E-state index in [0.29, 0.717) is 5.69 Å². The van der Waals surface area contributed by atoms with Gasteiger partial charge in [0.1, 0.15) is 11.6 Å². The van der Waals surface area contributed by atoms with E-state index in [1.54, 1.807) is 17.4 Å². The molecular formula is C13H11N3O2S. The highest BCUT2D eigenvalue weighted by atomic mass is 32.1. The van der Waals surface area contributed by atoms with Crippen LogP contribution < -0.4 is 5.32 Å². The van der Waals surface area contributed by atoms with Crippen LogP contribution >= 0.6 is 11.3 Å². The van der Waals surface area contributed by atoms with Gasteiger partial charge < -0.3 is 5.32 Å². The summed E-state index contributed by atoms with van der Waals surface area (Å²) in [5, 5.41) is 24.9. The fraction of sp³-hybridized carbons (Fsp3) is 0.154. The highest BCUT2D eigenvalue weighted by Gasteiger charge is 2.14. The number of nitriles is 1. The summed E-state index contributed by atoms with van der Waals surface area (Å²) < 4.78 is 0. The molecule has 0 aliphatic rings. The lowest BCUT2D eigenvalue weighted by molar-refractivity contribution is -0.385. The Kier molecular flexibility index (Phi) is 3.78. The van der Waals surface area contributed by atoms with Crippen LogP contribution in [0.25, 0.3) is 0 Å². The Morgan fingerprint density at radius 3 is 2.84 bits per heavy atom. The predicted molar refractivity (Wildman–Crippen MR) is 74.2 cm³/mol. The lowest BCUT2D eigenvalue weighted by Crippen LogP contribution is -2.05. The third kappa shape index (κ3) is 2.89. The number of nitrogens with zero attached hydrogens (tertiary/aromatic N) is 2. The number of nitrogens with one attached hydrogen (secondary N) is 1. The minimum atomic E-state index is -0.551.